The van der Waals surface area contributed by atoms with Gasteiger partial charge in [-0.05, 0) is 47.1 Å². The number of rotatable bonds is 8. The van der Waals surface area contributed by atoms with Crippen molar-refractivity contribution in [2.75, 3.05) is 0 Å². The molecule has 0 radical (unpaired) electrons. The lowest BCUT2D eigenvalue weighted by atomic mass is 10.2. The van der Waals surface area contributed by atoms with E-state index in [1.807, 2.05) is 41.5 Å². The smallest absolute Gasteiger partial charge is 0.244 e. The van der Waals surface area contributed by atoms with Crippen molar-refractivity contribution in [2.45, 2.75) is 72.5 Å². The zero-order chi connectivity index (χ0) is 14.1. The largest absolute Gasteiger partial charge is 0.348 e. The van der Waals surface area contributed by atoms with Gasteiger partial charge in [-0.3, -0.25) is 4.79 Å². The summed E-state index contributed by atoms with van der Waals surface area (Å²) in [5, 5.41) is 2.90. The second-order valence-corrected chi connectivity index (χ2v) is 4.76. The number of carbonyl (C=O) groups excluding carboxylic acids is 1. The number of ether oxygens (including phenoxy) is 2. The summed E-state index contributed by atoms with van der Waals surface area (Å²) in [6, 6.07) is -0.140. The molecular formula is C14H27NO3. The van der Waals surface area contributed by atoms with Gasteiger partial charge in [-0.15, -0.1) is 0 Å². The molecule has 1 atom stereocenters. The number of amides is 1. The third-order valence-electron chi connectivity index (χ3n) is 2.23. The molecule has 4 heteroatoms. The van der Waals surface area contributed by atoms with Crippen molar-refractivity contribution in [2.24, 2.45) is 0 Å². The molecule has 1 N–H and O–H groups in total. The summed E-state index contributed by atoms with van der Waals surface area (Å²) in [6.07, 6.45) is 3.67. The molecule has 18 heavy (non-hydrogen) atoms. The summed E-state index contributed by atoms with van der Waals surface area (Å²) in [5.74, 6) is -0.117. The van der Waals surface area contributed by atoms with Gasteiger partial charge in [0, 0.05) is 0 Å². The Morgan fingerprint density at radius 2 is 1.67 bits per heavy atom. The van der Waals surface area contributed by atoms with Gasteiger partial charge in [0.05, 0.1) is 18.2 Å². The Kier molecular flexibility index (Phi) is 8.67. The molecule has 0 aliphatic carbocycles. The van der Waals surface area contributed by atoms with E-state index in [9.17, 15) is 4.79 Å². The van der Waals surface area contributed by atoms with Crippen LogP contribution in [0.15, 0.2) is 12.2 Å². The second-order valence-electron chi connectivity index (χ2n) is 4.76. The number of allylic oxidation sites excluding steroid dienone is 1. The van der Waals surface area contributed by atoms with Gasteiger partial charge in [-0.1, -0.05) is 13.0 Å². The molecular weight excluding hydrogens is 230 g/mol. The monoisotopic (exact) mass is 257 g/mol. The molecule has 0 aliphatic heterocycles. The summed E-state index contributed by atoms with van der Waals surface area (Å²) in [7, 11) is 0. The molecule has 0 aliphatic rings. The highest BCUT2D eigenvalue weighted by Gasteiger charge is 2.24. The van der Waals surface area contributed by atoms with Gasteiger partial charge in [0.25, 0.3) is 0 Å². The molecule has 0 aromatic heterocycles. The highest BCUT2D eigenvalue weighted by atomic mass is 16.7. The Bertz CT molecular complexity index is 252. The fraction of sp³-hybridized carbons (Fsp3) is 0.786. The van der Waals surface area contributed by atoms with E-state index < -0.39 is 6.29 Å². The first-order valence-electron chi connectivity index (χ1n) is 6.64. The maximum atomic E-state index is 11.6. The summed E-state index contributed by atoms with van der Waals surface area (Å²) in [4.78, 5) is 11.6. The van der Waals surface area contributed by atoms with E-state index in [0.717, 1.165) is 6.42 Å². The van der Waals surface area contributed by atoms with E-state index in [4.69, 9.17) is 9.47 Å². The molecule has 0 saturated carbocycles. The SMILES string of the molecule is CC=CC(=O)NC(CC)C(OC(C)C)OC(C)C. The first kappa shape index (κ1) is 17.1. The number of hydrogen-bond acceptors (Lipinski definition) is 3. The average Bonchev–Trinajstić information content (AvgIpc) is 2.24. The Hall–Kier alpha value is -0.870. The van der Waals surface area contributed by atoms with Crippen LogP contribution in [-0.4, -0.2) is 30.4 Å². The molecule has 0 aromatic carbocycles. The van der Waals surface area contributed by atoms with Crippen molar-refractivity contribution in [3.63, 3.8) is 0 Å². The van der Waals surface area contributed by atoms with Crippen LogP contribution in [0.4, 0.5) is 0 Å². The maximum absolute atomic E-state index is 11.6. The first-order valence-corrected chi connectivity index (χ1v) is 6.64. The fourth-order valence-electron chi connectivity index (χ4n) is 1.50. The summed E-state index contributed by atoms with van der Waals surface area (Å²) < 4.78 is 11.5. The normalized spacial score (nSPS) is 13.8. The van der Waals surface area contributed by atoms with Gasteiger partial charge in [0.1, 0.15) is 0 Å². The van der Waals surface area contributed by atoms with Gasteiger partial charge < -0.3 is 14.8 Å². The molecule has 0 rings (SSSR count). The van der Waals surface area contributed by atoms with Crippen molar-refractivity contribution in [3.05, 3.63) is 12.2 Å². The minimum atomic E-state index is -0.413. The van der Waals surface area contributed by atoms with Gasteiger partial charge >= 0.3 is 0 Å². The van der Waals surface area contributed by atoms with Crippen LogP contribution in [0.5, 0.6) is 0 Å². The van der Waals surface area contributed by atoms with Crippen LogP contribution < -0.4 is 5.32 Å². The third-order valence-corrected chi connectivity index (χ3v) is 2.23. The van der Waals surface area contributed by atoms with E-state index in [2.05, 4.69) is 5.32 Å². The lowest BCUT2D eigenvalue weighted by Gasteiger charge is -2.30. The predicted molar refractivity (Wildman–Crippen MR) is 73.3 cm³/mol. The van der Waals surface area contributed by atoms with Crippen LogP contribution in [0.25, 0.3) is 0 Å². The number of hydrogen-bond donors (Lipinski definition) is 1. The van der Waals surface area contributed by atoms with Crippen molar-refractivity contribution in [1.29, 1.82) is 0 Å². The molecule has 1 unspecified atom stereocenters. The third kappa shape index (κ3) is 7.45. The zero-order valence-corrected chi connectivity index (χ0v) is 12.4. The number of carbonyl (C=O) groups is 1. The quantitative estimate of drug-likeness (QED) is 0.537. The Labute approximate surface area is 111 Å². The van der Waals surface area contributed by atoms with Gasteiger partial charge in [-0.2, -0.15) is 0 Å². The molecule has 0 fully saturated rings. The molecule has 0 bridgehead atoms. The Morgan fingerprint density at radius 1 is 1.17 bits per heavy atom. The highest BCUT2D eigenvalue weighted by molar-refractivity contribution is 5.87. The molecule has 0 heterocycles. The van der Waals surface area contributed by atoms with Crippen molar-refractivity contribution in [1.82, 2.24) is 5.32 Å². The van der Waals surface area contributed by atoms with Crippen molar-refractivity contribution in [3.8, 4) is 0 Å². The average molecular weight is 257 g/mol. The highest BCUT2D eigenvalue weighted by Crippen LogP contribution is 2.11. The molecule has 1 amide bonds. The van der Waals surface area contributed by atoms with Crippen LogP contribution in [0, 0.1) is 0 Å². The zero-order valence-electron chi connectivity index (χ0n) is 12.4. The van der Waals surface area contributed by atoms with Crippen LogP contribution >= 0.6 is 0 Å². The number of nitrogens with one attached hydrogen (secondary N) is 1. The molecule has 0 aromatic rings. The fourth-order valence-corrected chi connectivity index (χ4v) is 1.50. The molecule has 0 saturated heterocycles. The second kappa shape index (κ2) is 9.11. The van der Waals surface area contributed by atoms with Gasteiger partial charge in [0.2, 0.25) is 5.91 Å². The first-order chi connectivity index (χ1) is 8.40. The van der Waals surface area contributed by atoms with Gasteiger partial charge in [0.15, 0.2) is 6.29 Å². The Morgan fingerprint density at radius 3 is 2.00 bits per heavy atom. The lowest BCUT2D eigenvalue weighted by Crippen LogP contribution is -2.46. The minimum absolute atomic E-state index is 0.0569. The van der Waals surface area contributed by atoms with Crippen molar-refractivity contribution < 1.29 is 14.3 Å². The van der Waals surface area contributed by atoms with Crippen LogP contribution in [0.3, 0.4) is 0 Å². The van der Waals surface area contributed by atoms with E-state index in [1.54, 1.807) is 6.08 Å². The topological polar surface area (TPSA) is 47.6 Å². The van der Waals surface area contributed by atoms with E-state index in [1.165, 1.54) is 6.08 Å². The van der Waals surface area contributed by atoms with E-state index >= 15 is 0 Å². The van der Waals surface area contributed by atoms with Crippen LogP contribution in [-0.2, 0) is 14.3 Å². The standard InChI is InChI=1S/C14H27NO3/c1-7-9-13(16)15-12(8-2)14(17-10(3)4)18-11(5)6/h7,9-12,14H,8H2,1-6H3,(H,15,16). The molecule has 0 spiro atoms. The summed E-state index contributed by atoms with van der Waals surface area (Å²) in [6.45, 7) is 11.6. The molecule has 106 valence electrons. The summed E-state index contributed by atoms with van der Waals surface area (Å²) >= 11 is 0. The van der Waals surface area contributed by atoms with E-state index in [0.29, 0.717) is 0 Å². The lowest BCUT2D eigenvalue weighted by molar-refractivity contribution is -0.196. The predicted octanol–water partition coefficient (Wildman–Crippen LogP) is 2.63. The molecule has 4 nitrogen and oxygen atoms in total. The van der Waals surface area contributed by atoms with Crippen LogP contribution in [0.1, 0.15) is 48.0 Å². The minimum Gasteiger partial charge on any atom is -0.348 e. The Balaban J connectivity index is 4.63. The van der Waals surface area contributed by atoms with Crippen molar-refractivity contribution >= 4 is 5.91 Å². The van der Waals surface area contributed by atoms with Gasteiger partial charge in [-0.25, -0.2) is 0 Å². The maximum Gasteiger partial charge on any atom is 0.244 e. The van der Waals surface area contributed by atoms with Crippen LogP contribution in [0.2, 0.25) is 0 Å². The van der Waals surface area contributed by atoms with E-state index in [-0.39, 0.29) is 24.2 Å². The summed E-state index contributed by atoms with van der Waals surface area (Å²) in [5.41, 5.74) is 0.